The van der Waals surface area contributed by atoms with Crippen molar-refractivity contribution in [3.8, 4) is 0 Å². The number of aliphatic carboxylic acids is 1. The zero-order valence-electron chi connectivity index (χ0n) is 10.8. The topological polar surface area (TPSA) is 121 Å². The van der Waals surface area contributed by atoms with Crippen molar-refractivity contribution >= 4 is 12.0 Å². The van der Waals surface area contributed by atoms with Crippen LogP contribution >= 0.6 is 0 Å². The lowest BCUT2D eigenvalue weighted by Gasteiger charge is -2.21. The molecular weight excluding hydrogens is 266 g/mol. The number of urea groups is 1. The molecule has 0 unspecified atom stereocenters. The van der Waals surface area contributed by atoms with E-state index in [4.69, 9.17) is 5.11 Å². The van der Waals surface area contributed by atoms with E-state index < -0.39 is 24.1 Å². The Morgan fingerprint density at radius 3 is 2.90 bits per heavy atom. The molecule has 0 spiro atoms. The van der Waals surface area contributed by atoms with Gasteiger partial charge in [-0.25, -0.2) is 9.59 Å². The van der Waals surface area contributed by atoms with Gasteiger partial charge in [-0.2, -0.15) is 0 Å². The Kier molecular flexibility index (Phi) is 4.51. The van der Waals surface area contributed by atoms with Gasteiger partial charge >= 0.3 is 12.0 Å². The van der Waals surface area contributed by atoms with E-state index in [1.807, 2.05) is 0 Å². The van der Waals surface area contributed by atoms with Gasteiger partial charge in [0.05, 0.1) is 12.3 Å². The van der Waals surface area contributed by atoms with Crippen LogP contribution in [-0.2, 0) is 11.3 Å². The molecule has 110 valence electrons. The van der Waals surface area contributed by atoms with E-state index in [0.29, 0.717) is 19.5 Å². The number of carboxylic acids is 1. The van der Waals surface area contributed by atoms with Crippen LogP contribution in [0.5, 0.6) is 0 Å². The lowest BCUT2D eigenvalue weighted by Crippen LogP contribution is -2.46. The van der Waals surface area contributed by atoms with Crippen LogP contribution in [0.3, 0.4) is 0 Å². The van der Waals surface area contributed by atoms with Crippen LogP contribution in [0.2, 0.25) is 0 Å². The van der Waals surface area contributed by atoms with E-state index in [0.717, 1.165) is 4.90 Å². The van der Waals surface area contributed by atoms with Gasteiger partial charge < -0.3 is 20.4 Å². The molecule has 2 heterocycles. The summed E-state index contributed by atoms with van der Waals surface area (Å²) in [6.45, 7) is 1.06. The van der Waals surface area contributed by atoms with Crippen molar-refractivity contribution in [2.45, 2.75) is 31.5 Å². The molecule has 0 bridgehead atoms. The van der Waals surface area contributed by atoms with Gasteiger partial charge in [-0.3, -0.25) is 4.68 Å². The van der Waals surface area contributed by atoms with E-state index in [-0.39, 0.29) is 13.0 Å². The van der Waals surface area contributed by atoms with Gasteiger partial charge in [-0.05, 0) is 6.42 Å². The first-order valence-corrected chi connectivity index (χ1v) is 6.37. The van der Waals surface area contributed by atoms with Crippen molar-refractivity contribution in [3.05, 3.63) is 12.4 Å². The summed E-state index contributed by atoms with van der Waals surface area (Å²) >= 11 is 0. The number of carbonyl (C=O) groups is 2. The van der Waals surface area contributed by atoms with Gasteiger partial charge in [0.15, 0.2) is 0 Å². The normalized spacial score (nSPS) is 21.9. The molecule has 3 N–H and O–H groups in total. The second-order valence-corrected chi connectivity index (χ2v) is 4.65. The molecule has 1 aromatic heterocycles. The van der Waals surface area contributed by atoms with Crippen LogP contribution in [0.1, 0.15) is 12.8 Å². The van der Waals surface area contributed by atoms with Crippen molar-refractivity contribution in [1.82, 2.24) is 25.2 Å². The summed E-state index contributed by atoms with van der Waals surface area (Å²) in [4.78, 5) is 24.0. The number of aliphatic hydroxyl groups is 1. The maximum absolute atomic E-state index is 11.9. The molecule has 0 saturated carbocycles. The number of aromatic nitrogens is 3. The molecule has 20 heavy (non-hydrogen) atoms. The Balaban J connectivity index is 1.75. The molecule has 0 aromatic carbocycles. The molecule has 9 heteroatoms. The monoisotopic (exact) mass is 283 g/mol. The zero-order chi connectivity index (χ0) is 14.5. The number of hydrogen-bond acceptors (Lipinski definition) is 5. The lowest BCUT2D eigenvalue weighted by molar-refractivity contribution is -0.141. The molecule has 1 aliphatic heterocycles. The maximum Gasteiger partial charge on any atom is 0.326 e. The number of nitrogens with one attached hydrogen (secondary N) is 1. The van der Waals surface area contributed by atoms with Crippen molar-refractivity contribution in [2.24, 2.45) is 0 Å². The van der Waals surface area contributed by atoms with Gasteiger partial charge in [-0.15, -0.1) is 5.10 Å². The predicted octanol–water partition coefficient (Wildman–Crippen LogP) is -1.10. The number of carbonyl (C=O) groups excluding carboxylic acids is 1. The molecule has 1 aromatic rings. The van der Waals surface area contributed by atoms with E-state index in [9.17, 15) is 14.7 Å². The number of aryl methyl sites for hydroxylation is 1. The van der Waals surface area contributed by atoms with E-state index >= 15 is 0 Å². The molecule has 1 fully saturated rings. The minimum atomic E-state index is -1.10. The first-order valence-electron chi connectivity index (χ1n) is 6.37. The standard InChI is InChI=1S/C11H17N5O4/c17-8-6-9(10(18)19)16(7-8)11(20)12-2-1-4-15-5-3-13-14-15/h3,5,8-9,17H,1-2,4,6-7H2,(H,12,20)(H,18,19)/t8-,9-/m1/s1. The number of hydrogen-bond donors (Lipinski definition) is 3. The largest absolute Gasteiger partial charge is 0.480 e. The van der Waals surface area contributed by atoms with Crippen molar-refractivity contribution in [2.75, 3.05) is 13.1 Å². The minimum Gasteiger partial charge on any atom is -0.480 e. The Hall–Kier alpha value is -2.16. The molecule has 0 radical (unpaired) electrons. The second-order valence-electron chi connectivity index (χ2n) is 4.65. The Labute approximate surface area is 115 Å². The number of likely N-dealkylation sites (tertiary alicyclic amines) is 1. The summed E-state index contributed by atoms with van der Waals surface area (Å²) in [5, 5.41) is 28.5. The summed E-state index contributed by atoms with van der Waals surface area (Å²) in [6.07, 6.45) is 3.24. The Morgan fingerprint density at radius 1 is 1.45 bits per heavy atom. The third kappa shape index (κ3) is 3.44. The molecule has 1 aliphatic rings. The van der Waals surface area contributed by atoms with Crippen LogP contribution in [0.25, 0.3) is 0 Å². The van der Waals surface area contributed by atoms with Crippen molar-refractivity contribution in [1.29, 1.82) is 0 Å². The zero-order valence-corrected chi connectivity index (χ0v) is 10.8. The molecule has 0 aliphatic carbocycles. The molecule has 9 nitrogen and oxygen atoms in total. The Morgan fingerprint density at radius 2 is 2.25 bits per heavy atom. The summed E-state index contributed by atoms with van der Waals surface area (Å²) in [6, 6.07) is -1.42. The van der Waals surface area contributed by atoms with E-state index in [1.54, 1.807) is 17.1 Å². The number of β-amino-alcohol motifs (C(OH)–C–C–N with tert-alkyl or cyclic N) is 1. The van der Waals surface area contributed by atoms with E-state index in [1.165, 1.54) is 0 Å². The van der Waals surface area contributed by atoms with Gasteiger partial charge in [0.1, 0.15) is 6.04 Å². The number of carboxylic acid groups (broad SMARTS) is 1. The predicted molar refractivity (Wildman–Crippen MR) is 66.8 cm³/mol. The summed E-state index contributed by atoms with van der Waals surface area (Å²) in [7, 11) is 0. The van der Waals surface area contributed by atoms with Gasteiger partial charge in [0.25, 0.3) is 0 Å². The van der Waals surface area contributed by atoms with Crippen LogP contribution < -0.4 is 5.32 Å². The second kappa shape index (κ2) is 6.33. The fourth-order valence-electron chi connectivity index (χ4n) is 2.16. The summed E-state index contributed by atoms with van der Waals surface area (Å²) < 4.78 is 1.64. The molecule has 2 amide bonds. The van der Waals surface area contributed by atoms with Crippen LogP contribution in [0.4, 0.5) is 4.79 Å². The third-order valence-corrected chi connectivity index (χ3v) is 3.14. The molecule has 2 atom stereocenters. The van der Waals surface area contributed by atoms with E-state index in [2.05, 4.69) is 15.6 Å². The average Bonchev–Trinajstić information content (AvgIpc) is 3.03. The fourth-order valence-corrected chi connectivity index (χ4v) is 2.16. The molecular formula is C11H17N5O4. The lowest BCUT2D eigenvalue weighted by atomic mass is 10.2. The number of aliphatic hydroxyl groups excluding tert-OH is 1. The molecule has 2 rings (SSSR count). The quantitative estimate of drug-likeness (QED) is 0.590. The minimum absolute atomic E-state index is 0.0475. The summed E-state index contributed by atoms with van der Waals surface area (Å²) in [5.74, 6) is -1.10. The van der Waals surface area contributed by atoms with Crippen LogP contribution in [-0.4, -0.2) is 67.3 Å². The van der Waals surface area contributed by atoms with Gasteiger partial charge in [0.2, 0.25) is 0 Å². The Bertz CT molecular complexity index is 463. The van der Waals surface area contributed by atoms with Gasteiger partial charge in [0, 0.05) is 32.3 Å². The highest BCUT2D eigenvalue weighted by molar-refractivity contribution is 5.83. The maximum atomic E-state index is 11.9. The molecule has 1 saturated heterocycles. The first kappa shape index (κ1) is 14.3. The van der Waals surface area contributed by atoms with Crippen LogP contribution in [0, 0.1) is 0 Å². The van der Waals surface area contributed by atoms with Crippen molar-refractivity contribution < 1.29 is 19.8 Å². The number of amides is 2. The highest BCUT2D eigenvalue weighted by Gasteiger charge is 2.38. The van der Waals surface area contributed by atoms with Crippen molar-refractivity contribution in [3.63, 3.8) is 0 Å². The highest BCUT2D eigenvalue weighted by Crippen LogP contribution is 2.17. The van der Waals surface area contributed by atoms with Crippen LogP contribution in [0.15, 0.2) is 12.4 Å². The smallest absolute Gasteiger partial charge is 0.326 e. The SMILES string of the molecule is O=C(O)[C@H]1C[C@@H](O)CN1C(=O)NCCCn1ccnn1. The average molecular weight is 283 g/mol. The number of rotatable bonds is 5. The number of nitrogens with zero attached hydrogens (tertiary/aromatic N) is 4. The first-order chi connectivity index (χ1) is 9.58. The third-order valence-electron chi connectivity index (χ3n) is 3.14. The van der Waals surface area contributed by atoms with Gasteiger partial charge in [-0.1, -0.05) is 5.21 Å². The fraction of sp³-hybridized carbons (Fsp3) is 0.636. The highest BCUT2D eigenvalue weighted by atomic mass is 16.4. The summed E-state index contributed by atoms with van der Waals surface area (Å²) in [5.41, 5.74) is 0.